The second-order valence-electron chi connectivity index (χ2n) is 8.94. The van der Waals surface area contributed by atoms with E-state index >= 15 is 0 Å². The van der Waals surface area contributed by atoms with Crippen LogP contribution in [0.25, 0.3) is 0 Å². The fourth-order valence-corrected chi connectivity index (χ4v) is 4.50. The molecule has 0 atom stereocenters. The number of hydrogen-bond acceptors (Lipinski definition) is 3. The molecule has 4 nitrogen and oxygen atoms in total. The minimum absolute atomic E-state index is 0.136. The van der Waals surface area contributed by atoms with Crippen LogP contribution in [0.15, 0.2) is 34.8 Å². The van der Waals surface area contributed by atoms with Crippen LogP contribution >= 0.6 is 15.9 Å². The van der Waals surface area contributed by atoms with Crippen molar-refractivity contribution in [1.29, 1.82) is 0 Å². The van der Waals surface area contributed by atoms with Crippen LogP contribution < -0.4 is 0 Å². The molecule has 1 spiro atoms. The summed E-state index contributed by atoms with van der Waals surface area (Å²) in [4.78, 5) is 16.4. The van der Waals surface area contributed by atoms with Crippen molar-refractivity contribution < 1.29 is 9.53 Å². The van der Waals surface area contributed by atoms with Gasteiger partial charge >= 0.3 is 6.09 Å². The predicted molar refractivity (Wildman–Crippen MR) is 108 cm³/mol. The van der Waals surface area contributed by atoms with E-state index in [4.69, 9.17) is 4.74 Å². The van der Waals surface area contributed by atoms with Crippen molar-refractivity contribution in [2.75, 3.05) is 26.2 Å². The van der Waals surface area contributed by atoms with Crippen LogP contribution in [0, 0.1) is 5.41 Å². The first-order valence-corrected chi connectivity index (χ1v) is 10.5. The standard InChI is InChI=1S/C15H26N2O2.C6H5Br/c1-14(2,3)19-13(18)17-10-15(11-17)8-12(9-15)16-6-4-5-7-16;7-6-4-2-1-3-5-6/h12H,4-11H2,1-3H3;1-5H. The summed E-state index contributed by atoms with van der Waals surface area (Å²) in [5.74, 6) is 0. The second kappa shape index (κ2) is 7.89. The van der Waals surface area contributed by atoms with E-state index in [-0.39, 0.29) is 11.7 Å². The molecule has 0 unspecified atom stereocenters. The van der Waals surface area contributed by atoms with E-state index in [1.165, 1.54) is 38.8 Å². The van der Waals surface area contributed by atoms with Crippen molar-refractivity contribution in [2.45, 2.75) is 58.1 Å². The number of carbonyl (C=O) groups is 1. The van der Waals surface area contributed by atoms with Crippen LogP contribution in [0.3, 0.4) is 0 Å². The van der Waals surface area contributed by atoms with E-state index in [1.54, 1.807) is 0 Å². The number of carbonyl (C=O) groups excluding carboxylic acids is 1. The van der Waals surface area contributed by atoms with Crippen LogP contribution in [0.1, 0.15) is 46.5 Å². The zero-order valence-corrected chi connectivity index (χ0v) is 17.8. The Kier molecular flexibility index (Phi) is 5.97. The van der Waals surface area contributed by atoms with E-state index in [0.717, 1.165) is 23.6 Å². The van der Waals surface area contributed by atoms with Crippen molar-refractivity contribution in [1.82, 2.24) is 9.80 Å². The van der Waals surface area contributed by atoms with Gasteiger partial charge in [0.05, 0.1) is 0 Å². The minimum atomic E-state index is -0.377. The molecule has 1 aliphatic carbocycles. The largest absolute Gasteiger partial charge is 0.444 e. The van der Waals surface area contributed by atoms with Gasteiger partial charge in [-0.3, -0.25) is 0 Å². The summed E-state index contributed by atoms with van der Waals surface area (Å²) in [5.41, 5.74) is 0.0572. The third-order valence-electron chi connectivity index (χ3n) is 5.43. The van der Waals surface area contributed by atoms with Gasteiger partial charge in [-0.05, 0) is 71.7 Å². The first-order valence-electron chi connectivity index (χ1n) is 9.69. The van der Waals surface area contributed by atoms with E-state index < -0.39 is 0 Å². The van der Waals surface area contributed by atoms with Gasteiger partial charge in [-0.15, -0.1) is 0 Å². The van der Waals surface area contributed by atoms with Crippen molar-refractivity contribution in [2.24, 2.45) is 5.41 Å². The molecule has 3 aliphatic rings. The fraction of sp³-hybridized carbons (Fsp3) is 0.667. The Balaban J connectivity index is 0.000000236. The zero-order valence-electron chi connectivity index (χ0n) is 16.2. The highest BCUT2D eigenvalue weighted by molar-refractivity contribution is 9.10. The third-order valence-corrected chi connectivity index (χ3v) is 5.96. The second-order valence-corrected chi connectivity index (χ2v) is 9.85. The lowest BCUT2D eigenvalue weighted by atomic mass is 9.60. The van der Waals surface area contributed by atoms with Gasteiger partial charge in [0.15, 0.2) is 0 Å². The van der Waals surface area contributed by atoms with Crippen molar-refractivity contribution >= 4 is 22.0 Å². The van der Waals surface area contributed by atoms with Crippen molar-refractivity contribution in [3.8, 4) is 0 Å². The van der Waals surface area contributed by atoms with Crippen molar-refractivity contribution in [3.63, 3.8) is 0 Å². The third kappa shape index (κ3) is 5.01. The number of ether oxygens (including phenoxy) is 1. The van der Waals surface area contributed by atoms with Gasteiger partial charge in [-0.1, -0.05) is 34.1 Å². The van der Waals surface area contributed by atoms with E-state index in [1.807, 2.05) is 56.0 Å². The Hall–Kier alpha value is -1.07. The van der Waals surface area contributed by atoms with Crippen LogP contribution in [-0.4, -0.2) is 53.7 Å². The van der Waals surface area contributed by atoms with E-state index in [9.17, 15) is 4.79 Å². The number of halogens is 1. The Bertz CT molecular complexity index is 594. The molecule has 5 heteroatoms. The quantitative estimate of drug-likeness (QED) is 0.642. The number of benzene rings is 1. The molecule has 2 saturated heterocycles. The number of rotatable bonds is 1. The minimum Gasteiger partial charge on any atom is -0.444 e. The molecule has 26 heavy (non-hydrogen) atoms. The molecule has 1 saturated carbocycles. The summed E-state index contributed by atoms with van der Waals surface area (Å²) in [6.45, 7) is 10.2. The number of likely N-dealkylation sites (tertiary alicyclic amines) is 2. The molecule has 1 amide bonds. The van der Waals surface area contributed by atoms with Crippen molar-refractivity contribution in [3.05, 3.63) is 34.8 Å². The molecule has 0 aromatic heterocycles. The molecule has 4 rings (SSSR count). The molecule has 0 radical (unpaired) electrons. The van der Waals surface area contributed by atoms with Crippen LogP contribution in [-0.2, 0) is 4.74 Å². The SMILES string of the molecule is Brc1ccccc1.CC(C)(C)OC(=O)N1CC2(CC(N3CCCC3)C2)C1. The predicted octanol–water partition coefficient (Wildman–Crippen LogP) is 4.93. The maximum Gasteiger partial charge on any atom is 0.410 e. The van der Waals surface area contributed by atoms with Crippen LogP contribution in [0.2, 0.25) is 0 Å². The first kappa shape index (κ1) is 19.7. The Labute approximate surface area is 166 Å². The summed E-state index contributed by atoms with van der Waals surface area (Å²) in [6.07, 6.45) is 5.17. The molecule has 0 bridgehead atoms. The molecule has 1 aromatic rings. The lowest BCUT2D eigenvalue weighted by molar-refractivity contribution is -0.104. The molecule has 2 aliphatic heterocycles. The highest BCUT2D eigenvalue weighted by Gasteiger charge is 2.55. The van der Waals surface area contributed by atoms with Gasteiger partial charge in [0.2, 0.25) is 0 Å². The van der Waals surface area contributed by atoms with E-state index in [2.05, 4.69) is 20.8 Å². The first-order chi connectivity index (χ1) is 12.3. The van der Waals surface area contributed by atoms with Gasteiger partial charge in [0.25, 0.3) is 0 Å². The average molecular weight is 423 g/mol. The summed E-state index contributed by atoms with van der Waals surface area (Å²) in [7, 11) is 0. The van der Waals surface area contributed by atoms with Gasteiger partial charge in [0.1, 0.15) is 5.60 Å². The summed E-state index contributed by atoms with van der Waals surface area (Å²) >= 11 is 3.31. The number of amides is 1. The van der Waals surface area contributed by atoms with Gasteiger partial charge in [0, 0.05) is 29.0 Å². The number of hydrogen-bond donors (Lipinski definition) is 0. The van der Waals surface area contributed by atoms with Crippen LogP contribution in [0.5, 0.6) is 0 Å². The highest BCUT2D eigenvalue weighted by Crippen LogP contribution is 2.50. The summed E-state index contributed by atoms with van der Waals surface area (Å²) < 4.78 is 6.54. The molecule has 2 heterocycles. The van der Waals surface area contributed by atoms with E-state index in [0.29, 0.717) is 5.41 Å². The smallest absolute Gasteiger partial charge is 0.410 e. The Morgan fingerprint density at radius 1 is 1.12 bits per heavy atom. The van der Waals surface area contributed by atoms with Gasteiger partial charge in [-0.2, -0.15) is 0 Å². The Morgan fingerprint density at radius 3 is 2.15 bits per heavy atom. The molecule has 144 valence electrons. The lowest BCUT2D eigenvalue weighted by Gasteiger charge is -2.60. The fourth-order valence-electron chi connectivity index (χ4n) is 4.20. The molecular formula is C21H31BrN2O2. The Morgan fingerprint density at radius 2 is 1.69 bits per heavy atom. The highest BCUT2D eigenvalue weighted by atomic mass is 79.9. The molecule has 0 N–H and O–H groups in total. The van der Waals surface area contributed by atoms with Gasteiger partial charge in [-0.25, -0.2) is 4.79 Å². The topological polar surface area (TPSA) is 32.8 Å². The van der Waals surface area contributed by atoms with Crippen LogP contribution in [0.4, 0.5) is 4.79 Å². The average Bonchev–Trinajstić information content (AvgIpc) is 2.98. The maximum atomic E-state index is 11.9. The number of nitrogens with zero attached hydrogens (tertiary/aromatic N) is 2. The normalized spacial score (nSPS) is 22.2. The molecular weight excluding hydrogens is 392 g/mol. The maximum absolute atomic E-state index is 11.9. The molecule has 3 fully saturated rings. The lowest BCUT2D eigenvalue weighted by Crippen LogP contribution is -2.67. The summed E-state index contributed by atoms with van der Waals surface area (Å²) in [6, 6.07) is 10.8. The van der Waals surface area contributed by atoms with Gasteiger partial charge < -0.3 is 14.5 Å². The zero-order chi connectivity index (χ0) is 18.8. The monoisotopic (exact) mass is 422 g/mol. The molecule has 1 aromatic carbocycles. The summed E-state index contributed by atoms with van der Waals surface area (Å²) in [5, 5.41) is 0.